The number of carbonyl (C=O) groups excluding carboxylic acids is 1. The Morgan fingerprint density at radius 1 is 1.17 bits per heavy atom. The van der Waals surface area contributed by atoms with Crippen LogP contribution < -0.4 is 4.74 Å². The number of hydrogen-bond donors (Lipinski definition) is 1. The minimum atomic E-state index is -0.350. The van der Waals surface area contributed by atoms with Gasteiger partial charge >= 0.3 is 5.97 Å². The van der Waals surface area contributed by atoms with E-state index in [-0.39, 0.29) is 11.7 Å². The van der Waals surface area contributed by atoms with E-state index in [9.17, 15) is 9.90 Å². The van der Waals surface area contributed by atoms with Gasteiger partial charge in [0.25, 0.3) is 0 Å². The van der Waals surface area contributed by atoms with Crippen LogP contribution in [0.5, 0.6) is 11.5 Å². The molecule has 0 amide bonds. The predicted molar refractivity (Wildman–Crippen MR) is 89.4 cm³/mol. The van der Waals surface area contributed by atoms with Crippen LogP contribution >= 0.6 is 0 Å². The Bertz CT molecular complexity index is 662. The van der Waals surface area contributed by atoms with Crippen molar-refractivity contribution in [3.63, 3.8) is 0 Å². The predicted octanol–water partition coefficient (Wildman–Crippen LogP) is 3.59. The first-order chi connectivity index (χ1) is 11.2. The Morgan fingerprint density at radius 2 is 1.96 bits per heavy atom. The standard InChI is InChI=1S/C19H20O4/c1-22-18-14-16(9-11-17(18)20)8-5-13-23-19(21)12-10-15-6-3-2-4-7-15/h2-4,6-7,9-12,14,20H,5,8,13H2,1H3. The maximum Gasteiger partial charge on any atom is 0.330 e. The number of benzene rings is 2. The highest BCUT2D eigenvalue weighted by atomic mass is 16.5. The van der Waals surface area contributed by atoms with Crippen molar-refractivity contribution in [2.24, 2.45) is 0 Å². The first kappa shape index (κ1) is 16.6. The third-order valence-electron chi connectivity index (χ3n) is 3.31. The molecule has 120 valence electrons. The van der Waals surface area contributed by atoms with E-state index in [4.69, 9.17) is 9.47 Å². The molecule has 2 aromatic rings. The Kier molecular flexibility index (Phi) is 6.24. The lowest BCUT2D eigenvalue weighted by molar-refractivity contribution is -0.137. The SMILES string of the molecule is COc1cc(CCCOC(=O)C=Cc2ccccc2)ccc1O. The van der Waals surface area contributed by atoms with Gasteiger partial charge in [-0.2, -0.15) is 0 Å². The molecule has 0 fully saturated rings. The molecule has 0 unspecified atom stereocenters. The molecule has 4 heteroatoms. The highest BCUT2D eigenvalue weighted by molar-refractivity contribution is 5.86. The molecule has 0 spiro atoms. The van der Waals surface area contributed by atoms with E-state index >= 15 is 0 Å². The molecule has 0 saturated carbocycles. The van der Waals surface area contributed by atoms with Crippen molar-refractivity contribution in [3.05, 3.63) is 65.7 Å². The second-order valence-corrected chi connectivity index (χ2v) is 5.02. The molecular formula is C19H20O4. The minimum Gasteiger partial charge on any atom is -0.504 e. The van der Waals surface area contributed by atoms with Crippen LogP contribution in [0.1, 0.15) is 17.5 Å². The summed E-state index contributed by atoms with van der Waals surface area (Å²) in [5.74, 6) is 0.219. The molecule has 0 bridgehead atoms. The number of ether oxygens (including phenoxy) is 2. The lowest BCUT2D eigenvalue weighted by atomic mass is 10.1. The van der Waals surface area contributed by atoms with Crippen LogP contribution in [0.4, 0.5) is 0 Å². The van der Waals surface area contributed by atoms with Crippen LogP contribution in [-0.2, 0) is 16.0 Å². The summed E-state index contributed by atoms with van der Waals surface area (Å²) in [5.41, 5.74) is 1.98. The van der Waals surface area contributed by atoms with E-state index in [0.717, 1.165) is 17.5 Å². The zero-order chi connectivity index (χ0) is 16.5. The van der Waals surface area contributed by atoms with Crippen LogP contribution in [-0.4, -0.2) is 24.8 Å². The monoisotopic (exact) mass is 312 g/mol. The van der Waals surface area contributed by atoms with Crippen molar-refractivity contribution in [2.75, 3.05) is 13.7 Å². The van der Waals surface area contributed by atoms with Gasteiger partial charge in [-0.3, -0.25) is 0 Å². The number of hydrogen-bond acceptors (Lipinski definition) is 4. The molecule has 0 radical (unpaired) electrons. The molecule has 0 aliphatic rings. The van der Waals surface area contributed by atoms with Gasteiger partial charge in [0, 0.05) is 6.08 Å². The molecule has 0 aliphatic carbocycles. The molecule has 0 saturated heterocycles. The summed E-state index contributed by atoms with van der Waals surface area (Å²) < 4.78 is 10.2. The maximum absolute atomic E-state index is 11.6. The first-order valence-electron chi connectivity index (χ1n) is 7.45. The maximum atomic E-state index is 11.6. The Hall–Kier alpha value is -2.75. The average Bonchev–Trinajstić information content (AvgIpc) is 2.59. The van der Waals surface area contributed by atoms with Crippen molar-refractivity contribution < 1.29 is 19.4 Å². The Labute approximate surface area is 136 Å². The number of aryl methyl sites for hydroxylation is 1. The fourth-order valence-electron chi connectivity index (χ4n) is 2.10. The molecule has 2 aromatic carbocycles. The molecule has 0 heterocycles. The highest BCUT2D eigenvalue weighted by Crippen LogP contribution is 2.26. The summed E-state index contributed by atoms with van der Waals surface area (Å²) in [6, 6.07) is 14.8. The molecular weight excluding hydrogens is 292 g/mol. The van der Waals surface area contributed by atoms with Gasteiger partial charge in [0.05, 0.1) is 13.7 Å². The van der Waals surface area contributed by atoms with Gasteiger partial charge in [0.1, 0.15) is 0 Å². The minimum absolute atomic E-state index is 0.119. The van der Waals surface area contributed by atoms with Crippen LogP contribution in [0, 0.1) is 0 Å². The molecule has 0 atom stereocenters. The van der Waals surface area contributed by atoms with Crippen LogP contribution in [0.15, 0.2) is 54.6 Å². The van der Waals surface area contributed by atoms with Crippen LogP contribution in [0.3, 0.4) is 0 Å². The van der Waals surface area contributed by atoms with Crippen molar-refractivity contribution >= 4 is 12.0 Å². The van der Waals surface area contributed by atoms with E-state index in [1.165, 1.54) is 13.2 Å². The smallest absolute Gasteiger partial charge is 0.330 e. The number of phenolic OH excluding ortho intramolecular Hbond substituents is 1. The van der Waals surface area contributed by atoms with Crippen molar-refractivity contribution in [1.82, 2.24) is 0 Å². The molecule has 4 nitrogen and oxygen atoms in total. The van der Waals surface area contributed by atoms with Gasteiger partial charge in [-0.1, -0.05) is 36.4 Å². The van der Waals surface area contributed by atoms with E-state index in [0.29, 0.717) is 18.8 Å². The lowest BCUT2D eigenvalue weighted by Crippen LogP contribution is -2.03. The third kappa shape index (κ3) is 5.51. The van der Waals surface area contributed by atoms with E-state index in [1.807, 2.05) is 36.4 Å². The van der Waals surface area contributed by atoms with Gasteiger partial charge in [-0.15, -0.1) is 0 Å². The van der Waals surface area contributed by atoms with Crippen molar-refractivity contribution in [1.29, 1.82) is 0 Å². The summed E-state index contributed by atoms with van der Waals surface area (Å²) >= 11 is 0. The second-order valence-electron chi connectivity index (χ2n) is 5.02. The largest absolute Gasteiger partial charge is 0.504 e. The zero-order valence-electron chi connectivity index (χ0n) is 13.1. The van der Waals surface area contributed by atoms with Gasteiger partial charge < -0.3 is 14.6 Å². The van der Waals surface area contributed by atoms with Crippen molar-refractivity contribution in [3.8, 4) is 11.5 Å². The fraction of sp³-hybridized carbons (Fsp3) is 0.211. The topological polar surface area (TPSA) is 55.8 Å². The average molecular weight is 312 g/mol. The second kappa shape index (κ2) is 8.63. The van der Waals surface area contributed by atoms with Crippen LogP contribution in [0.25, 0.3) is 6.08 Å². The number of esters is 1. The lowest BCUT2D eigenvalue weighted by Gasteiger charge is -2.07. The van der Waals surface area contributed by atoms with E-state index in [2.05, 4.69) is 0 Å². The number of rotatable bonds is 7. The van der Waals surface area contributed by atoms with Gasteiger partial charge in [-0.25, -0.2) is 4.79 Å². The Balaban J connectivity index is 1.73. The summed E-state index contributed by atoms with van der Waals surface area (Å²) in [6.45, 7) is 0.348. The first-order valence-corrected chi connectivity index (χ1v) is 7.45. The fourth-order valence-corrected chi connectivity index (χ4v) is 2.10. The van der Waals surface area contributed by atoms with Gasteiger partial charge in [-0.05, 0) is 42.2 Å². The zero-order valence-corrected chi connectivity index (χ0v) is 13.1. The molecule has 0 aromatic heterocycles. The number of phenols is 1. The van der Waals surface area contributed by atoms with E-state index in [1.54, 1.807) is 18.2 Å². The summed E-state index contributed by atoms with van der Waals surface area (Å²) in [5, 5.41) is 9.53. The van der Waals surface area contributed by atoms with Crippen molar-refractivity contribution in [2.45, 2.75) is 12.8 Å². The third-order valence-corrected chi connectivity index (χ3v) is 3.31. The van der Waals surface area contributed by atoms with Crippen LogP contribution in [0.2, 0.25) is 0 Å². The normalized spacial score (nSPS) is 10.7. The molecule has 0 aliphatic heterocycles. The molecule has 2 rings (SSSR count). The number of aromatic hydroxyl groups is 1. The van der Waals surface area contributed by atoms with E-state index < -0.39 is 0 Å². The summed E-state index contributed by atoms with van der Waals surface area (Å²) in [6.07, 6.45) is 4.61. The highest BCUT2D eigenvalue weighted by Gasteiger charge is 2.03. The Morgan fingerprint density at radius 3 is 2.70 bits per heavy atom. The van der Waals surface area contributed by atoms with Gasteiger partial charge in [0.2, 0.25) is 0 Å². The quantitative estimate of drug-likeness (QED) is 0.482. The number of carbonyl (C=O) groups is 1. The molecule has 1 N–H and O–H groups in total. The summed E-state index contributed by atoms with van der Waals surface area (Å²) in [4.78, 5) is 11.6. The van der Waals surface area contributed by atoms with Gasteiger partial charge in [0.15, 0.2) is 11.5 Å². The molecule has 23 heavy (non-hydrogen) atoms. The number of methoxy groups -OCH3 is 1. The summed E-state index contributed by atoms with van der Waals surface area (Å²) in [7, 11) is 1.51.